The van der Waals surface area contributed by atoms with Gasteiger partial charge in [-0.1, -0.05) is 26.8 Å². The predicted molar refractivity (Wildman–Crippen MR) is 83.0 cm³/mol. The molecule has 3 N–H and O–H groups in total. The molecule has 5 nitrogen and oxygen atoms in total. The Hall–Kier alpha value is -1.73. The van der Waals surface area contributed by atoms with E-state index in [9.17, 15) is 18.7 Å². The number of aliphatic hydroxyl groups is 1. The van der Waals surface area contributed by atoms with Crippen molar-refractivity contribution in [2.45, 2.75) is 32.9 Å². The molecule has 1 aromatic carbocycles. The minimum absolute atomic E-state index is 0.00242. The molecule has 0 aliphatic heterocycles. The summed E-state index contributed by atoms with van der Waals surface area (Å²) in [6.07, 6.45) is -0.832. The van der Waals surface area contributed by atoms with Crippen molar-refractivity contribution in [1.82, 2.24) is 10.6 Å². The lowest BCUT2D eigenvalue weighted by molar-refractivity contribution is 0.0657. The Morgan fingerprint density at radius 2 is 2.00 bits per heavy atom. The average Bonchev–Trinajstić information content (AvgIpc) is 2.42. The molecule has 0 heterocycles. The summed E-state index contributed by atoms with van der Waals surface area (Å²) in [5, 5.41) is 14.7. The summed E-state index contributed by atoms with van der Waals surface area (Å²) >= 11 is 0. The third-order valence-corrected chi connectivity index (χ3v) is 3.27. The van der Waals surface area contributed by atoms with Crippen LogP contribution in [0.25, 0.3) is 0 Å². The molecule has 0 aliphatic rings. The Balaban J connectivity index is 2.82. The van der Waals surface area contributed by atoms with Crippen molar-refractivity contribution in [3.63, 3.8) is 0 Å². The number of nitrogens with one attached hydrogen (secondary N) is 2. The van der Waals surface area contributed by atoms with Gasteiger partial charge >= 0.3 is 6.03 Å². The summed E-state index contributed by atoms with van der Waals surface area (Å²) in [4.78, 5) is 12.0. The second kappa shape index (κ2) is 8.21. The number of carbonyl (C=O) groups is 1. The van der Waals surface area contributed by atoms with Crippen LogP contribution >= 0.6 is 0 Å². The molecule has 7 heteroatoms. The summed E-state index contributed by atoms with van der Waals surface area (Å²) in [6, 6.07) is 2.04. The highest BCUT2D eigenvalue weighted by molar-refractivity contribution is 5.74. The molecule has 0 bridgehead atoms. The van der Waals surface area contributed by atoms with E-state index < -0.39 is 35.2 Å². The number of halogens is 2. The van der Waals surface area contributed by atoms with Crippen molar-refractivity contribution in [3.8, 4) is 0 Å². The fourth-order valence-corrected chi connectivity index (χ4v) is 2.14. The molecule has 1 rings (SSSR count). The first-order chi connectivity index (χ1) is 10.6. The highest BCUT2D eigenvalue weighted by Crippen LogP contribution is 2.34. The van der Waals surface area contributed by atoms with Crippen LogP contribution in [0.3, 0.4) is 0 Å². The van der Waals surface area contributed by atoms with Crippen LogP contribution in [0.1, 0.15) is 32.4 Å². The van der Waals surface area contributed by atoms with Gasteiger partial charge in [0.05, 0.1) is 18.8 Å². The lowest BCUT2D eigenvalue weighted by Gasteiger charge is -2.32. The second-order valence-electron chi connectivity index (χ2n) is 6.43. The Labute approximate surface area is 135 Å². The highest BCUT2D eigenvalue weighted by atomic mass is 19.1. The molecule has 130 valence electrons. The van der Waals surface area contributed by atoms with Gasteiger partial charge in [0.15, 0.2) is 0 Å². The molecular weight excluding hydrogens is 306 g/mol. The molecule has 2 amide bonds. The fourth-order valence-electron chi connectivity index (χ4n) is 2.14. The average molecular weight is 330 g/mol. The van der Waals surface area contributed by atoms with Crippen LogP contribution in [0.4, 0.5) is 13.6 Å². The number of amides is 2. The Morgan fingerprint density at radius 3 is 2.52 bits per heavy atom. The van der Waals surface area contributed by atoms with Gasteiger partial charge in [0.2, 0.25) is 0 Å². The standard InChI is InChI=1S/C16H24F2N2O3/c1-16(2,3)14(12-6-5-10(17)7-13(12)18)20-15(22)19-8-11(21)9-23-4/h5-7,11,14,21H,8-9H2,1-4H3,(H2,19,20,22). The van der Waals surface area contributed by atoms with E-state index in [0.29, 0.717) is 0 Å². The third-order valence-electron chi connectivity index (χ3n) is 3.27. The minimum atomic E-state index is -0.832. The Morgan fingerprint density at radius 1 is 1.35 bits per heavy atom. The topological polar surface area (TPSA) is 70.6 Å². The summed E-state index contributed by atoms with van der Waals surface area (Å²) in [6.45, 7) is 5.60. The molecule has 1 aromatic rings. The van der Waals surface area contributed by atoms with Crippen LogP contribution in [-0.2, 0) is 4.74 Å². The van der Waals surface area contributed by atoms with E-state index in [4.69, 9.17) is 4.74 Å². The summed E-state index contributed by atoms with van der Waals surface area (Å²) in [5.41, 5.74) is -0.298. The first-order valence-corrected chi connectivity index (χ1v) is 7.31. The number of carbonyl (C=O) groups excluding carboxylic acids is 1. The monoisotopic (exact) mass is 330 g/mol. The zero-order valence-electron chi connectivity index (χ0n) is 13.8. The largest absolute Gasteiger partial charge is 0.389 e. The van der Waals surface area contributed by atoms with Crippen LogP contribution in [0.2, 0.25) is 0 Å². The second-order valence-corrected chi connectivity index (χ2v) is 6.43. The molecule has 23 heavy (non-hydrogen) atoms. The lowest BCUT2D eigenvalue weighted by atomic mass is 9.82. The number of hydrogen-bond acceptors (Lipinski definition) is 3. The Kier molecular flexibility index (Phi) is 6.90. The molecule has 0 fully saturated rings. The molecule has 0 aliphatic carbocycles. The maximum absolute atomic E-state index is 14.0. The zero-order chi connectivity index (χ0) is 17.6. The summed E-state index contributed by atoms with van der Waals surface area (Å²) in [5.74, 6) is -1.39. The number of methoxy groups -OCH3 is 1. The van der Waals surface area contributed by atoms with Crippen LogP contribution in [-0.4, -0.2) is 37.5 Å². The number of benzene rings is 1. The lowest BCUT2D eigenvalue weighted by Crippen LogP contribution is -2.45. The third kappa shape index (κ3) is 6.11. The van der Waals surface area contributed by atoms with Crippen LogP contribution in [0.5, 0.6) is 0 Å². The maximum atomic E-state index is 14.0. The van der Waals surface area contributed by atoms with Crippen molar-refractivity contribution in [2.24, 2.45) is 5.41 Å². The minimum Gasteiger partial charge on any atom is -0.389 e. The van der Waals surface area contributed by atoms with Crippen LogP contribution in [0, 0.1) is 17.0 Å². The van der Waals surface area contributed by atoms with Gasteiger partial charge in [-0.25, -0.2) is 13.6 Å². The predicted octanol–water partition coefficient (Wildman–Crippen LogP) is 2.36. The zero-order valence-corrected chi connectivity index (χ0v) is 13.8. The van der Waals surface area contributed by atoms with Gasteiger partial charge in [-0.15, -0.1) is 0 Å². The highest BCUT2D eigenvalue weighted by Gasteiger charge is 2.30. The normalized spacial score (nSPS) is 14.2. The smallest absolute Gasteiger partial charge is 0.315 e. The van der Waals surface area contributed by atoms with E-state index in [1.807, 2.05) is 20.8 Å². The molecule has 2 unspecified atom stereocenters. The van der Waals surface area contributed by atoms with Crippen molar-refractivity contribution in [1.29, 1.82) is 0 Å². The van der Waals surface area contributed by atoms with Crippen LogP contribution in [0.15, 0.2) is 18.2 Å². The molecule has 2 atom stereocenters. The van der Waals surface area contributed by atoms with Gasteiger partial charge in [0, 0.05) is 25.3 Å². The van der Waals surface area contributed by atoms with E-state index >= 15 is 0 Å². The summed E-state index contributed by atoms with van der Waals surface area (Å²) < 4.78 is 31.9. The van der Waals surface area contributed by atoms with E-state index in [0.717, 1.165) is 12.1 Å². The van der Waals surface area contributed by atoms with E-state index in [1.54, 1.807) is 0 Å². The first kappa shape index (κ1) is 19.3. The van der Waals surface area contributed by atoms with E-state index in [1.165, 1.54) is 13.2 Å². The quantitative estimate of drug-likeness (QED) is 0.750. The van der Waals surface area contributed by atoms with Gasteiger partial charge in [0.1, 0.15) is 11.6 Å². The molecule has 0 spiro atoms. The van der Waals surface area contributed by atoms with Gasteiger partial charge in [-0.3, -0.25) is 0 Å². The Bertz CT molecular complexity index is 533. The fraction of sp³-hybridized carbons (Fsp3) is 0.562. The maximum Gasteiger partial charge on any atom is 0.315 e. The van der Waals surface area contributed by atoms with Crippen molar-refractivity contribution < 1.29 is 23.4 Å². The molecule has 0 saturated carbocycles. The van der Waals surface area contributed by atoms with E-state index in [-0.39, 0.29) is 18.7 Å². The van der Waals surface area contributed by atoms with Gasteiger partial charge < -0.3 is 20.5 Å². The number of aliphatic hydroxyl groups excluding tert-OH is 1. The number of hydrogen-bond donors (Lipinski definition) is 3. The van der Waals surface area contributed by atoms with Crippen molar-refractivity contribution >= 4 is 6.03 Å². The van der Waals surface area contributed by atoms with E-state index in [2.05, 4.69) is 10.6 Å². The van der Waals surface area contributed by atoms with Crippen molar-refractivity contribution in [2.75, 3.05) is 20.3 Å². The van der Waals surface area contributed by atoms with Crippen molar-refractivity contribution in [3.05, 3.63) is 35.4 Å². The van der Waals surface area contributed by atoms with Crippen LogP contribution < -0.4 is 10.6 Å². The van der Waals surface area contributed by atoms with Gasteiger partial charge in [-0.05, 0) is 11.5 Å². The molecule has 0 aromatic heterocycles. The number of ether oxygens (including phenoxy) is 1. The van der Waals surface area contributed by atoms with Gasteiger partial charge in [-0.2, -0.15) is 0 Å². The molecular formula is C16H24F2N2O3. The molecule has 0 saturated heterocycles. The number of rotatable bonds is 6. The SMILES string of the molecule is COCC(O)CNC(=O)NC(c1ccc(F)cc1F)C(C)(C)C. The summed E-state index contributed by atoms with van der Waals surface area (Å²) in [7, 11) is 1.44. The molecule has 0 radical (unpaired) electrons. The van der Waals surface area contributed by atoms with Gasteiger partial charge in [0.25, 0.3) is 0 Å². The first-order valence-electron chi connectivity index (χ1n) is 7.31. The number of urea groups is 1.